The summed E-state index contributed by atoms with van der Waals surface area (Å²) in [5, 5.41) is 13.3. The van der Waals surface area contributed by atoms with E-state index < -0.39 is 0 Å². The summed E-state index contributed by atoms with van der Waals surface area (Å²) in [5.41, 5.74) is 2.31. The van der Waals surface area contributed by atoms with Gasteiger partial charge in [-0.2, -0.15) is 0 Å². The van der Waals surface area contributed by atoms with E-state index in [4.69, 9.17) is 14.8 Å². The minimum atomic E-state index is 0.0771. The summed E-state index contributed by atoms with van der Waals surface area (Å²) in [4.78, 5) is 7.37. The van der Waals surface area contributed by atoms with Crippen LogP contribution in [0.4, 0.5) is 5.82 Å². The Morgan fingerprint density at radius 1 is 1.12 bits per heavy atom. The number of aliphatic hydroxyl groups is 1. The van der Waals surface area contributed by atoms with Crippen molar-refractivity contribution in [3.8, 4) is 0 Å². The molecule has 0 bridgehead atoms. The molecule has 2 heterocycles. The molecular weight excluding hydrogens is 302 g/mol. The second-order valence-corrected chi connectivity index (χ2v) is 6.22. The Bertz CT molecular complexity index is 642. The molecule has 0 aliphatic carbocycles. The average molecular weight is 329 g/mol. The summed E-state index contributed by atoms with van der Waals surface area (Å²) in [6, 6.07) is 10.6. The van der Waals surface area contributed by atoms with Crippen molar-refractivity contribution in [2.45, 2.75) is 25.8 Å². The molecule has 5 heteroatoms. The number of piperidine rings is 1. The van der Waals surface area contributed by atoms with Crippen LogP contribution in [0.2, 0.25) is 0 Å². The first kappa shape index (κ1) is 17.1. The fourth-order valence-electron chi connectivity index (χ4n) is 3.19. The second-order valence-electron chi connectivity index (χ2n) is 6.22. The number of aromatic nitrogens is 1. The van der Waals surface area contributed by atoms with Crippen LogP contribution in [-0.4, -0.2) is 49.5 Å². The van der Waals surface area contributed by atoms with Crippen LogP contribution in [0.25, 0.3) is 10.9 Å². The lowest BCUT2D eigenvalue weighted by Gasteiger charge is -2.30. The van der Waals surface area contributed by atoms with Gasteiger partial charge in [0.05, 0.1) is 25.3 Å². The van der Waals surface area contributed by atoms with Gasteiger partial charge in [-0.15, -0.1) is 0 Å². The summed E-state index contributed by atoms with van der Waals surface area (Å²) in [7, 11) is 0. The maximum Gasteiger partial charge on any atom is 0.133 e. The van der Waals surface area contributed by atoms with E-state index in [-0.39, 0.29) is 6.61 Å². The second kappa shape index (κ2) is 8.97. The Morgan fingerprint density at radius 2 is 1.96 bits per heavy atom. The molecule has 1 aliphatic heterocycles. The number of anilines is 1. The number of fused-ring (bicyclic) bond motifs is 1. The third-order valence-corrected chi connectivity index (χ3v) is 4.41. The third-order valence-electron chi connectivity index (χ3n) is 4.41. The molecule has 130 valence electrons. The standard InChI is InChI=1S/C19H27N3O2/c23-11-13-24-12-8-20-15-17-14-16-6-2-3-7-18(16)21-19(17)22-9-4-1-5-10-22/h2-3,6-7,14,20,23H,1,4-5,8-13,15H2. The molecule has 2 aromatic rings. The fourth-order valence-corrected chi connectivity index (χ4v) is 3.19. The first-order valence-electron chi connectivity index (χ1n) is 8.91. The number of rotatable bonds is 8. The molecule has 0 unspecified atom stereocenters. The van der Waals surface area contributed by atoms with Gasteiger partial charge in [-0.3, -0.25) is 0 Å². The van der Waals surface area contributed by atoms with Gasteiger partial charge in [-0.05, 0) is 31.4 Å². The highest BCUT2D eigenvalue weighted by atomic mass is 16.5. The molecule has 1 aromatic heterocycles. The Morgan fingerprint density at radius 3 is 2.79 bits per heavy atom. The van der Waals surface area contributed by atoms with E-state index in [2.05, 4.69) is 34.5 Å². The van der Waals surface area contributed by atoms with E-state index in [1.54, 1.807) is 0 Å². The van der Waals surface area contributed by atoms with E-state index in [1.807, 2.05) is 6.07 Å². The Balaban J connectivity index is 1.73. The van der Waals surface area contributed by atoms with E-state index >= 15 is 0 Å². The predicted molar refractivity (Wildman–Crippen MR) is 97.4 cm³/mol. The number of ether oxygens (including phenoxy) is 1. The molecule has 0 atom stereocenters. The molecule has 1 fully saturated rings. The van der Waals surface area contributed by atoms with Crippen LogP contribution >= 0.6 is 0 Å². The average Bonchev–Trinajstić information content (AvgIpc) is 2.64. The molecule has 2 N–H and O–H groups in total. The number of nitrogens with one attached hydrogen (secondary N) is 1. The number of aliphatic hydroxyl groups excluding tert-OH is 1. The Kier molecular flexibility index (Phi) is 6.41. The van der Waals surface area contributed by atoms with Crippen molar-refractivity contribution in [2.75, 3.05) is 44.4 Å². The summed E-state index contributed by atoms with van der Waals surface area (Å²) in [6.45, 7) is 4.83. The van der Waals surface area contributed by atoms with Gasteiger partial charge in [0, 0.05) is 37.1 Å². The summed E-state index contributed by atoms with van der Waals surface area (Å²) in [6.07, 6.45) is 3.81. The largest absolute Gasteiger partial charge is 0.394 e. The van der Waals surface area contributed by atoms with E-state index in [0.717, 1.165) is 37.5 Å². The molecule has 1 saturated heterocycles. The number of hydrogen-bond acceptors (Lipinski definition) is 5. The molecule has 0 amide bonds. The quantitative estimate of drug-likeness (QED) is 0.728. The molecule has 24 heavy (non-hydrogen) atoms. The van der Waals surface area contributed by atoms with Crippen molar-refractivity contribution in [1.82, 2.24) is 10.3 Å². The highest BCUT2D eigenvalue weighted by Crippen LogP contribution is 2.26. The first-order chi connectivity index (χ1) is 11.9. The van der Waals surface area contributed by atoms with Crippen molar-refractivity contribution < 1.29 is 9.84 Å². The summed E-state index contributed by atoms with van der Waals surface area (Å²) < 4.78 is 5.30. The molecule has 0 radical (unpaired) electrons. The van der Waals surface area contributed by atoms with Crippen molar-refractivity contribution >= 4 is 16.7 Å². The van der Waals surface area contributed by atoms with Crippen molar-refractivity contribution in [3.63, 3.8) is 0 Å². The van der Waals surface area contributed by atoms with Crippen LogP contribution in [0, 0.1) is 0 Å². The number of para-hydroxylation sites is 1. The molecule has 1 aromatic carbocycles. The first-order valence-corrected chi connectivity index (χ1v) is 8.91. The van der Waals surface area contributed by atoms with Gasteiger partial charge in [0.2, 0.25) is 0 Å². The summed E-state index contributed by atoms with van der Waals surface area (Å²) in [5.74, 6) is 1.12. The van der Waals surface area contributed by atoms with Gasteiger partial charge in [-0.1, -0.05) is 18.2 Å². The minimum Gasteiger partial charge on any atom is -0.394 e. The third kappa shape index (κ3) is 4.44. The summed E-state index contributed by atoms with van der Waals surface area (Å²) >= 11 is 0. The van der Waals surface area contributed by atoms with E-state index in [9.17, 15) is 0 Å². The van der Waals surface area contributed by atoms with Gasteiger partial charge < -0.3 is 20.1 Å². The monoisotopic (exact) mass is 329 g/mol. The maximum absolute atomic E-state index is 8.72. The fraction of sp³-hybridized carbons (Fsp3) is 0.526. The zero-order valence-electron chi connectivity index (χ0n) is 14.2. The zero-order valence-corrected chi connectivity index (χ0v) is 14.2. The van der Waals surface area contributed by atoms with Gasteiger partial charge in [-0.25, -0.2) is 4.98 Å². The van der Waals surface area contributed by atoms with Gasteiger partial charge in [0.15, 0.2) is 0 Å². The molecular formula is C19H27N3O2. The molecule has 5 nitrogen and oxygen atoms in total. The maximum atomic E-state index is 8.72. The molecule has 0 spiro atoms. The molecule has 3 rings (SSSR count). The van der Waals surface area contributed by atoms with Gasteiger partial charge in [0.25, 0.3) is 0 Å². The number of pyridine rings is 1. The lowest BCUT2D eigenvalue weighted by molar-refractivity contribution is 0.0938. The van der Waals surface area contributed by atoms with Crippen LogP contribution in [0.15, 0.2) is 30.3 Å². The van der Waals surface area contributed by atoms with E-state index in [0.29, 0.717) is 13.2 Å². The Labute approximate surface area is 143 Å². The molecule has 1 aliphatic rings. The number of benzene rings is 1. The van der Waals surface area contributed by atoms with Gasteiger partial charge >= 0.3 is 0 Å². The van der Waals surface area contributed by atoms with Crippen LogP contribution in [0.1, 0.15) is 24.8 Å². The zero-order chi connectivity index (χ0) is 16.6. The number of nitrogens with zero attached hydrogens (tertiary/aromatic N) is 2. The van der Waals surface area contributed by atoms with Crippen molar-refractivity contribution in [1.29, 1.82) is 0 Å². The van der Waals surface area contributed by atoms with Gasteiger partial charge in [0.1, 0.15) is 5.82 Å². The van der Waals surface area contributed by atoms with Crippen molar-refractivity contribution in [3.05, 3.63) is 35.9 Å². The van der Waals surface area contributed by atoms with Crippen LogP contribution in [0.5, 0.6) is 0 Å². The van der Waals surface area contributed by atoms with Crippen LogP contribution in [0.3, 0.4) is 0 Å². The molecule has 0 saturated carbocycles. The van der Waals surface area contributed by atoms with Crippen LogP contribution in [-0.2, 0) is 11.3 Å². The highest BCUT2D eigenvalue weighted by Gasteiger charge is 2.16. The lowest BCUT2D eigenvalue weighted by Crippen LogP contribution is -2.32. The Hall–Kier alpha value is -1.69. The topological polar surface area (TPSA) is 57.6 Å². The van der Waals surface area contributed by atoms with Crippen LogP contribution < -0.4 is 10.2 Å². The number of hydrogen-bond donors (Lipinski definition) is 2. The SMILES string of the molecule is OCCOCCNCc1cc2ccccc2nc1N1CCCCC1. The predicted octanol–water partition coefficient (Wildman–Crippen LogP) is 2.32. The van der Waals surface area contributed by atoms with Crippen molar-refractivity contribution in [2.24, 2.45) is 0 Å². The normalized spacial score (nSPS) is 15.1. The van der Waals surface area contributed by atoms with E-state index in [1.165, 1.54) is 30.2 Å². The lowest BCUT2D eigenvalue weighted by atomic mass is 10.1. The minimum absolute atomic E-state index is 0.0771. The smallest absolute Gasteiger partial charge is 0.133 e. The highest BCUT2D eigenvalue weighted by molar-refractivity contribution is 5.81.